The zero-order valence-electron chi connectivity index (χ0n) is 7.11. The number of rotatable bonds is 0. The van der Waals surface area contributed by atoms with Gasteiger partial charge in [-0.3, -0.25) is 0 Å². The van der Waals surface area contributed by atoms with Gasteiger partial charge in [-0.1, -0.05) is 11.6 Å². The molecule has 0 aromatic heterocycles. The van der Waals surface area contributed by atoms with Crippen LogP contribution >= 0.6 is 11.6 Å². The lowest BCUT2D eigenvalue weighted by atomic mass is 10.0. The first kappa shape index (κ1) is 10.9. The highest BCUT2D eigenvalue weighted by Crippen LogP contribution is 2.34. The SMILES string of the molecule is Cc1c(Cl)ccc(C(F)(F)F)c1C#N. The zero-order valence-corrected chi connectivity index (χ0v) is 7.87. The molecule has 0 fully saturated rings. The third kappa shape index (κ3) is 1.83. The van der Waals surface area contributed by atoms with E-state index in [1.165, 1.54) is 13.0 Å². The van der Waals surface area contributed by atoms with Crippen LogP contribution in [0.25, 0.3) is 0 Å². The molecule has 1 aromatic rings. The van der Waals surface area contributed by atoms with E-state index in [1.807, 2.05) is 0 Å². The topological polar surface area (TPSA) is 23.8 Å². The average molecular weight is 220 g/mol. The van der Waals surface area contributed by atoms with E-state index in [4.69, 9.17) is 16.9 Å². The molecule has 1 rings (SSSR count). The Morgan fingerprint density at radius 2 is 1.93 bits per heavy atom. The molecule has 0 radical (unpaired) electrons. The lowest BCUT2D eigenvalue weighted by Crippen LogP contribution is -2.08. The largest absolute Gasteiger partial charge is 0.417 e. The number of hydrogen-bond donors (Lipinski definition) is 0. The number of halogens is 4. The van der Waals surface area contributed by atoms with Crippen molar-refractivity contribution in [2.75, 3.05) is 0 Å². The summed E-state index contributed by atoms with van der Waals surface area (Å²) in [7, 11) is 0. The van der Waals surface area contributed by atoms with Crippen LogP contribution in [0.15, 0.2) is 12.1 Å². The van der Waals surface area contributed by atoms with E-state index in [1.54, 1.807) is 0 Å². The summed E-state index contributed by atoms with van der Waals surface area (Å²) in [5, 5.41) is 8.74. The molecule has 0 aliphatic heterocycles. The van der Waals surface area contributed by atoms with Gasteiger partial charge in [0.25, 0.3) is 0 Å². The van der Waals surface area contributed by atoms with Crippen LogP contribution in [0, 0.1) is 18.3 Å². The minimum absolute atomic E-state index is 0.156. The normalized spacial score (nSPS) is 11.1. The minimum Gasteiger partial charge on any atom is -0.192 e. The summed E-state index contributed by atoms with van der Waals surface area (Å²) < 4.78 is 37.1. The van der Waals surface area contributed by atoms with Crippen LogP contribution in [0.5, 0.6) is 0 Å². The number of hydrogen-bond acceptors (Lipinski definition) is 1. The van der Waals surface area contributed by atoms with Crippen LogP contribution < -0.4 is 0 Å². The Balaban J connectivity index is 3.49. The summed E-state index contributed by atoms with van der Waals surface area (Å²) in [6, 6.07) is 3.46. The second kappa shape index (κ2) is 3.50. The molecular formula is C9H5ClF3N. The zero-order chi connectivity index (χ0) is 10.9. The van der Waals surface area contributed by atoms with Crippen molar-refractivity contribution < 1.29 is 13.2 Å². The van der Waals surface area contributed by atoms with Gasteiger partial charge in [0, 0.05) is 5.02 Å². The second-order valence-corrected chi connectivity index (χ2v) is 3.11. The van der Waals surface area contributed by atoms with Gasteiger partial charge in [-0.05, 0) is 24.6 Å². The summed E-state index contributed by atoms with van der Waals surface area (Å²) in [4.78, 5) is 0. The second-order valence-electron chi connectivity index (χ2n) is 2.70. The first-order valence-corrected chi connectivity index (χ1v) is 4.02. The van der Waals surface area contributed by atoms with E-state index >= 15 is 0 Å². The predicted octanol–water partition coefficient (Wildman–Crippen LogP) is 3.54. The summed E-state index contributed by atoms with van der Waals surface area (Å²) in [5.41, 5.74) is -1.20. The van der Waals surface area contributed by atoms with E-state index in [-0.39, 0.29) is 10.6 Å². The Morgan fingerprint density at radius 1 is 1.36 bits per heavy atom. The van der Waals surface area contributed by atoms with Crippen molar-refractivity contribution >= 4 is 11.6 Å². The van der Waals surface area contributed by atoms with Gasteiger partial charge < -0.3 is 0 Å². The van der Waals surface area contributed by atoms with Crippen molar-refractivity contribution in [2.24, 2.45) is 0 Å². The van der Waals surface area contributed by atoms with Crippen LogP contribution in [-0.2, 0) is 6.18 Å². The van der Waals surface area contributed by atoms with Gasteiger partial charge in [0.05, 0.1) is 11.1 Å². The molecular weight excluding hydrogens is 215 g/mol. The molecule has 0 N–H and O–H groups in total. The lowest BCUT2D eigenvalue weighted by Gasteiger charge is -2.10. The summed E-state index contributed by atoms with van der Waals surface area (Å²) in [5.74, 6) is 0. The molecule has 0 amide bonds. The van der Waals surface area contributed by atoms with E-state index in [2.05, 4.69) is 0 Å². The molecule has 0 heterocycles. The first-order valence-electron chi connectivity index (χ1n) is 3.64. The number of nitrogens with zero attached hydrogens (tertiary/aromatic N) is 1. The lowest BCUT2D eigenvalue weighted by molar-refractivity contribution is -0.137. The van der Waals surface area contributed by atoms with Crippen molar-refractivity contribution in [3.05, 3.63) is 33.8 Å². The molecule has 0 aliphatic rings. The van der Waals surface area contributed by atoms with Crippen molar-refractivity contribution in [1.82, 2.24) is 0 Å². The van der Waals surface area contributed by atoms with Crippen LogP contribution in [0.1, 0.15) is 16.7 Å². The van der Waals surface area contributed by atoms with Gasteiger partial charge in [-0.2, -0.15) is 18.4 Å². The number of benzene rings is 1. The van der Waals surface area contributed by atoms with E-state index in [0.717, 1.165) is 12.1 Å². The Kier molecular flexibility index (Phi) is 2.72. The van der Waals surface area contributed by atoms with Gasteiger partial charge >= 0.3 is 6.18 Å². The Labute approximate surface area is 83.7 Å². The monoisotopic (exact) mass is 219 g/mol. The van der Waals surface area contributed by atoms with E-state index in [0.29, 0.717) is 0 Å². The van der Waals surface area contributed by atoms with Crippen molar-refractivity contribution in [3.8, 4) is 6.07 Å². The minimum atomic E-state index is -4.51. The highest BCUT2D eigenvalue weighted by molar-refractivity contribution is 6.31. The molecule has 0 unspecified atom stereocenters. The van der Waals surface area contributed by atoms with Gasteiger partial charge in [0.1, 0.15) is 6.07 Å². The summed E-state index contributed by atoms with van der Waals surface area (Å²) >= 11 is 5.60. The van der Waals surface area contributed by atoms with Gasteiger partial charge in [-0.25, -0.2) is 0 Å². The average Bonchev–Trinajstić information content (AvgIpc) is 2.07. The molecule has 74 valence electrons. The van der Waals surface area contributed by atoms with Gasteiger partial charge in [0.15, 0.2) is 0 Å². The highest BCUT2D eigenvalue weighted by Gasteiger charge is 2.34. The maximum Gasteiger partial charge on any atom is 0.417 e. The summed E-state index contributed by atoms with van der Waals surface area (Å²) in [6.07, 6.45) is -4.51. The van der Waals surface area contributed by atoms with Crippen LogP contribution in [0.2, 0.25) is 5.02 Å². The Morgan fingerprint density at radius 3 is 2.36 bits per heavy atom. The molecule has 5 heteroatoms. The quantitative estimate of drug-likeness (QED) is 0.655. The third-order valence-electron chi connectivity index (χ3n) is 1.82. The maximum absolute atomic E-state index is 12.4. The molecule has 14 heavy (non-hydrogen) atoms. The Bertz CT molecular complexity index is 404. The first-order chi connectivity index (χ1) is 6.38. The third-order valence-corrected chi connectivity index (χ3v) is 2.23. The molecule has 0 saturated heterocycles. The van der Waals surface area contributed by atoms with Crippen molar-refractivity contribution in [3.63, 3.8) is 0 Å². The standard InChI is InChI=1S/C9H5ClF3N/c1-5-6(4-14)7(9(11,12)13)2-3-8(5)10/h2-3H,1H3. The summed E-state index contributed by atoms with van der Waals surface area (Å²) in [6.45, 7) is 1.39. The van der Waals surface area contributed by atoms with Crippen LogP contribution in [0.4, 0.5) is 13.2 Å². The van der Waals surface area contributed by atoms with Gasteiger partial charge in [-0.15, -0.1) is 0 Å². The maximum atomic E-state index is 12.4. The predicted molar refractivity (Wildman–Crippen MR) is 45.9 cm³/mol. The molecule has 0 aliphatic carbocycles. The highest BCUT2D eigenvalue weighted by atomic mass is 35.5. The van der Waals surface area contributed by atoms with Crippen LogP contribution in [0.3, 0.4) is 0 Å². The Hall–Kier alpha value is -1.21. The van der Waals surface area contributed by atoms with E-state index < -0.39 is 17.3 Å². The fraction of sp³-hybridized carbons (Fsp3) is 0.222. The van der Waals surface area contributed by atoms with E-state index in [9.17, 15) is 13.2 Å². The van der Waals surface area contributed by atoms with Crippen molar-refractivity contribution in [1.29, 1.82) is 5.26 Å². The number of alkyl halides is 3. The molecule has 0 bridgehead atoms. The fourth-order valence-electron chi connectivity index (χ4n) is 1.07. The molecule has 0 spiro atoms. The smallest absolute Gasteiger partial charge is 0.192 e. The molecule has 1 aromatic carbocycles. The molecule has 1 nitrogen and oxygen atoms in total. The van der Waals surface area contributed by atoms with Crippen molar-refractivity contribution in [2.45, 2.75) is 13.1 Å². The fourth-order valence-corrected chi connectivity index (χ4v) is 1.22. The van der Waals surface area contributed by atoms with Gasteiger partial charge in [0.2, 0.25) is 0 Å². The number of nitriles is 1. The molecule has 0 atom stereocenters. The van der Waals surface area contributed by atoms with Crippen LogP contribution in [-0.4, -0.2) is 0 Å². The molecule has 0 saturated carbocycles.